The van der Waals surface area contributed by atoms with Crippen molar-refractivity contribution in [2.75, 3.05) is 6.61 Å². The Labute approximate surface area is 91.8 Å². The molecule has 3 rings (SSSR count). The number of carbonyl (C=O) groups is 2. The molecule has 1 aromatic rings. The molecule has 0 radical (unpaired) electrons. The molecule has 0 aliphatic carbocycles. The van der Waals surface area contributed by atoms with E-state index in [9.17, 15) is 9.59 Å². The molecule has 2 aliphatic rings. The average molecular weight is 218 g/mol. The van der Waals surface area contributed by atoms with Crippen LogP contribution in [0.25, 0.3) is 0 Å². The number of ether oxygens (including phenoxy) is 1. The lowest BCUT2D eigenvalue weighted by Gasteiger charge is -2.08. The van der Waals surface area contributed by atoms with Gasteiger partial charge in [-0.2, -0.15) is 0 Å². The van der Waals surface area contributed by atoms with E-state index in [1.54, 1.807) is 6.07 Å². The zero-order valence-corrected chi connectivity index (χ0v) is 8.45. The highest BCUT2D eigenvalue weighted by Crippen LogP contribution is 2.28. The molecule has 0 bridgehead atoms. The van der Waals surface area contributed by atoms with Gasteiger partial charge in [-0.25, -0.2) is 4.79 Å². The van der Waals surface area contributed by atoms with Gasteiger partial charge >= 0.3 is 6.03 Å². The first-order chi connectivity index (χ1) is 7.74. The van der Waals surface area contributed by atoms with Crippen LogP contribution in [0.4, 0.5) is 4.79 Å². The summed E-state index contributed by atoms with van der Waals surface area (Å²) in [5, 5.41) is 4.78. The van der Waals surface area contributed by atoms with E-state index >= 15 is 0 Å². The molecule has 0 spiro atoms. The van der Waals surface area contributed by atoms with Crippen molar-refractivity contribution < 1.29 is 14.3 Å². The van der Waals surface area contributed by atoms with E-state index in [1.165, 1.54) is 0 Å². The van der Waals surface area contributed by atoms with Crippen LogP contribution in [-0.2, 0) is 11.2 Å². The van der Waals surface area contributed by atoms with Crippen molar-refractivity contribution in [2.24, 2.45) is 0 Å². The second-order valence-corrected chi connectivity index (χ2v) is 3.86. The number of imide groups is 1. The molecule has 1 fully saturated rings. The topological polar surface area (TPSA) is 67.4 Å². The van der Waals surface area contributed by atoms with Crippen molar-refractivity contribution in [3.8, 4) is 5.75 Å². The summed E-state index contributed by atoms with van der Waals surface area (Å²) in [4.78, 5) is 22.5. The fraction of sp³-hybridized carbons (Fsp3) is 0.273. The quantitative estimate of drug-likeness (QED) is 0.674. The maximum atomic E-state index is 11.5. The molecule has 0 saturated carbocycles. The summed E-state index contributed by atoms with van der Waals surface area (Å²) in [5.41, 5.74) is 1.89. The molecule has 82 valence electrons. The second-order valence-electron chi connectivity index (χ2n) is 3.86. The maximum absolute atomic E-state index is 11.5. The molecular formula is C11H10N2O3. The summed E-state index contributed by atoms with van der Waals surface area (Å²) in [6, 6.07) is 4.55. The summed E-state index contributed by atoms with van der Waals surface area (Å²) in [6.07, 6.45) is 0.853. The Hall–Kier alpha value is -2.04. The molecule has 5 nitrogen and oxygen atoms in total. The van der Waals surface area contributed by atoms with Crippen LogP contribution in [0, 0.1) is 0 Å². The van der Waals surface area contributed by atoms with Gasteiger partial charge in [0.05, 0.1) is 6.61 Å². The number of urea groups is 1. The van der Waals surface area contributed by atoms with E-state index < -0.39 is 12.1 Å². The molecule has 0 unspecified atom stereocenters. The Morgan fingerprint density at radius 2 is 2.19 bits per heavy atom. The Morgan fingerprint density at radius 1 is 1.31 bits per heavy atom. The van der Waals surface area contributed by atoms with Crippen molar-refractivity contribution in [1.82, 2.24) is 10.6 Å². The van der Waals surface area contributed by atoms with Crippen LogP contribution < -0.4 is 15.4 Å². The number of hydrogen-bond acceptors (Lipinski definition) is 3. The maximum Gasteiger partial charge on any atom is 0.322 e. The average Bonchev–Trinajstić information content (AvgIpc) is 2.83. The molecular weight excluding hydrogens is 208 g/mol. The van der Waals surface area contributed by atoms with Crippen LogP contribution in [-0.4, -0.2) is 18.5 Å². The number of amides is 3. The van der Waals surface area contributed by atoms with Crippen molar-refractivity contribution in [3.05, 3.63) is 29.3 Å². The molecule has 1 aromatic carbocycles. The summed E-state index contributed by atoms with van der Waals surface area (Å²) in [7, 11) is 0. The molecule has 2 heterocycles. The Bertz CT molecular complexity index is 484. The van der Waals surface area contributed by atoms with Crippen LogP contribution in [0.1, 0.15) is 17.2 Å². The highest BCUT2D eigenvalue weighted by atomic mass is 16.5. The van der Waals surface area contributed by atoms with E-state index in [4.69, 9.17) is 4.74 Å². The largest absolute Gasteiger partial charge is 0.493 e. The fourth-order valence-electron chi connectivity index (χ4n) is 2.04. The van der Waals surface area contributed by atoms with Gasteiger partial charge in [0.15, 0.2) is 0 Å². The minimum Gasteiger partial charge on any atom is -0.493 e. The van der Waals surface area contributed by atoms with Gasteiger partial charge in [-0.1, -0.05) is 6.07 Å². The molecule has 0 aromatic heterocycles. The zero-order chi connectivity index (χ0) is 11.1. The minimum atomic E-state index is -0.571. The third kappa shape index (κ3) is 1.32. The van der Waals surface area contributed by atoms with Gasteiger partial charge in [0, 0.05) is 6.42 Å². The number of rotatable bonds is 1. The normalized spacial score (nSPS) is 22.4. The Balaban J connectivity index is 1.95. The molecule has 5 heteroatoms. The first kappa shape index (κ1) is 9.21. The highest BCUT2D eigenvalue weighted by Gasteiger charge is 2.31. The number of hydrogen-bond donors (Lipinski definition) is 2. The second kappa shape index (κ2) is 3.23. The smallest absolute Gasteiger partial charge is 0.322 e. The third-order valence-corrected chi connectivity index (χ3v) is 2.82. The minimum absolute atomic E-state index is 0.302. The van der Waals surface area contributed by atoms with Crippen LogP contribution in [0.5, 0.6) is 5.75 Å². The molecule has 3 amide bonds. The van der Waals surface area contributed by atoms with E-state index in [0.717, 1.165) is 23.3 Å². The molecule has 1 saturated heterocycles. The number of nitrogens with one attached hydrogen (secondary N) is 2. The zero-order valence-electron chi connectivity index (χ0n) is 8.45. The lowest BCUT2D eigenvalue weighted by Crippen LogP contribution is -2.22. The van der Waals surface area contributed by atoms with Crippen molar-refractivity contribution >= 4 is 11.9 Å². The van der Waals surface area contributed by atoms with Crippen molar-refractivity contribution in [1.29, 1.82) is 0 Å². The van der Waals surface area contributed by atoms with Gasteiger partial charge < -0.3 is 10.1 Å². The predicted octanol–water partition coefficient (Wildman–Crippen LogP) is 0.502. The third-order valence-electron chi connectivity index (χ3n) is 2.82. The summed E-state index contributed by atoms with van der Waals surface area (Å²) >= 11 is 0. The van der Waals surface area contributed by atoms with Gasteiger partial charge in [0.25, 0.3) is 5.91 Å². The summed E-state index contributed by atoms with van der Waals surface area (Å²) in [5.74, 6) is 0.567. The molecule has 2 aliphatic heterocycles. The van der Waals surface area contributed by atoms with Gasteiger partial charge in [-0.05, 0) is 23.3 Å². The standard InChI is InChI=1S/C11H10N2O3/c14-10-9(12-11(15)13-10)7-1-2-8-6(5-7)3-4-16-8/h1-2,5,9H,3-4H2,(H2,12,13,14,15)/t9-/m0/s1. The SMILES string of the molecule is O=C1NC(=O)[C@H](c2ccc3c(c2)CCO3)N1. The lowest BCUT2D eigenvalue weighted by atomic mass is 10.0. The lowest BCUT2D eigenvalue weighted by molar-refractivity contribution is -0.120. The van der Waals surface area contributed by atoms with Crippen LogP contribution in [0.2, 0.25) is 0 Å². The van der Waals surface area contributed by atoms with Gasteiger partial charge in [0.2, 0.25) is 0 Å². The summed E-state index contributed by atoms with van der Waals surface area (Å²) in [6.45, 7) is 0.683. The number of carbonyl (C=O) groups excluding carboxylic acids is 2. The van der Waals surface area contributed by atoms with Gasteiger partial charge in [-0.3, -0.25) is 10.1 Å². The number of fused-ring (bicyclic) bond motifs is 1. The van der Waals surface area contributed by atoms with Gasteiger partial charge in [-0.15, -0.1) is 0 Å². The monoisotopic (exact) mass is 218 g/mol. The van der Waals surface area contributed by atoms with E-state index in [1.807, 2.05) is 12.1 Å². The first-order valence-corrected chi connectivity index (χ1v) is 5.11. The first-order valence-electron chi connectivity index (χ1n) is 5.11. The highest BCUT2D eigenvalue weighted by molar-refractivity contribution is 6.04. The predicted molar refractivity (Wildman–Crippen MR) is 55.1 cm³/mol. The Morgan fingerprint density at radius 3 is 2.94 bits per heavy atom. The molecule has 2 N–H and O–H groups in total. The van der Waals surface area contributed by atoms with E-state index in [2.05, 4.69) is 10.6 Å². The van der Waals surface area contributed by atoms with Crippen LogP contribution in [0.15, 0.2) is 18.2 Å². The van der Waals surface area contributed by atoms with E-state index in [0.29, 0.717) is 6.61 Å². The van der Waals surface area contributed by atoms with Crippen molar-refractivity contribution in [3.63, 3.8) is 0 Å². The van der Waals surface area contributed by atoms with Crippen molar-refractivity contribution in [2.45, 2.75) is 12.5 Å². The van der Waals surface area contributed by atoms with Crippen LogP contribution in [0.3, 0.4) is 0 Å². The van der Waals surface area contributed by atoms with Gasteiger partial charge in [0.1, 0.15) is 11.8 Å². The Kier molecular flexibility index (Phi) is 1.86. The molecule has 16 heavy (non-hydrogen) atoms. The van der Waals surface area contributed by atoms with Crippen LogP contribution >= 0.6 is 0 Å². The number of benzene rings is 1. The molecule has 1 atom stereocenters. The van der Waals surface area contributed by atoms with E-state index in [-0.39, 0.29) is 5.91 Å². The fourth-order valence-corrected chi connectivity index (χ4v) is 2.04. The summed E-state index contributed by atoms with van der Waals surface area (Å²) < 4.78 is 5.38.